The van der Waals surface area contributed by atoms with Gasteiger partial charge in [0, 0.05) is 38.8 Å². The van der Waals surface area contributed by atoms with E-state index in [9.17, 15) is 14.7 Å². The van der Waals surface area contributed by atoms with Crippen molar-refractivity contribution in [2.24, 2.45) is 0 Å². The number of amides is 1. The summed E-state index contributed by atoms with van der Waals surface area (Å²) in [6.45, 7) is 4.95. The Morgan fingerprint density at radius 3 is 2.20 bits per heavy atom. The molecule has 1 unspecified atom stereocenters. The molecule has 2 aromatic carbocycles. The van der Waals surface area contributed by atoms with Crippen molar-refractivity contribution in [3.8, 4) is 34.5 Å². The van der Waals surface area contributed by atoms with Crippen LogP contribution < -0.4 is 28.4 Å². The fourth-order valence-electron chi connectivity index (χ4n) is 4.66. The molecule has 0 spiro atoms. The summed E-state index contributed by atoms with van der Waals surface area (Å²) >= 11 is 0. The highest BCUT2D eigenvalue weighted by Gasteiger charge is 2.25. The summed E-state index contributed by atoms with van der Waals surface area (Å²) in [7, 11) is 4.63. The molecule has 2 aromatic rings. The van der Waals surface area contributed by atoms with Crippen LogP contribution in [0.25, 0.3) is 6.08 Å². The summed E-state index contributed by atoms with van der Waals surface area (Å²) < 4.78 is 33.2. The van der Waals surface area contributed by atoms with Gasteiger partial charge in [-0.05, 0) is 42.8 Å². The van der Waals surface area contributed by atoms with E-state index in [2.05, 4.69) is 4.90 Å². The Labute approximate surface area is 233 Å². The fraction of sp³-hybridized carbons (Fsp3) is 0.448. The molecule has 216 valence electrons. The maximum absolute atomic E-state index is 12.8. The number of benzene rings is 2. The molecule has 11 nitrogen and oxygen atoms in total. The number of Topliss-reactive ketones (excluding diaryl/α,β-unsaturated/α-hetero) is 1. The van der Waals surface area contributed by atoms with Gasteiger partial charge in [-0.25, -0.2) is 0 Å². The fourth-order valence-corrected chi connectivity index (χ4v) is 4.66. The van der Waals surface area contributed by atoms with Crippen LogP contribution in [0, 0.1) is 0 Å². The van der Waals surface area contributed by atoms with Crippen LogP contribution in [0.5, 0.6) is 34.5 Å². The monoisotopic (exact) mass is 556 g/mol. The van der Waals surface area contributed by atoms with Gasteiger partial charge in [-0.15, -0.1) is 0 Å². The number of ketones is 1. The number of rotatable bonds is 11. The lowest BCUT2D eigenvalue weighted by Crippen LogP contribution is -2.50. The van der Waals surface area contributed by atoms with E-state index >= 15 is 0 Å². The van der Waals surface area contributed by atoms with Gasteiger partial charge in [0.15, 0.2) is 28.8 Å². The van der Waals surface area contributed by atoms with Crippen LogP contribution in [0.15, 0.2) is 30.3 Å². The van der Waals surface area contributed by atoms with Crippen molar-refractivity contribution < 1.29 is 43.1 Å². The number of ether oxygens (including phenoxy) is 6. The van der Waals surface area contributed by atoms with Crippen LogP contribution in [-0.4, -0.2) is 107 Å². The average molecular weight is 557 g/mol. The predicted molar refractivity (Wildman–Crippen MR) is 147 cm³/mol. The van der Waals surface area contributed by atoms with Gasteiger partial charge in [-0.3, -0.25) is 14.5 Å². The predicted octanol–water partition coefficient (Wildman–Crippen LogP) is 2.28. The highest BCUT2D eigenvalue weighted by molar-refractivity contribution is 5.98. The van der Waals surface area contributed by atoms with Crippen molar-refractivity contribution in [3.63, 3.8) is 0 Å². The van der Waals surface area contributed by atoms with E-state index < -0.39 is 6.10 Å². The van der Waals surface area contributed by atoms with Gasteiger partial charge in [0.05, 0.1) is 26.9 Å². The van der Waals surface area contributed by atoms with E-state index in [1.807, 2.05) is 0 Å². The molecule has 2 heterocycles. The zero-order chi connectivity index (χ0) is 28.6. The summed E-state index contributed by atoms with van der Waals surface area (Å²) in [6, 6.07) is 6.86. The molecule has 1 saturated heterocycles. The normalized spacial score (nSPS) is 16.0. The van der Waals surface area contributed by atoms with Crippen LogP contribution in [-0.2, 0) is 4.79 Å². The first-order valence-electron chi connectivity index (χ1n) is 13.1. The number of carbonyl (C=O) groups is 2. The summed E-state index contributed by atoms with van der Waals surface area (Å²) in [5.41, 5.74) is 1.19. The Kier molecular flexibility index (Phi) is 9.73. The van der Waals surface area contributed by atoms with E-state index in [0.717, 1.165) is 5.56 Å². The number of piperazine rings is 1. The molecule has 0 aliphatic carbocycles. The Morgan fingerprint density at radius 1 is 0.950 bits per heavy atom. The molecule has 11 heteroatoms. The Morgan fingerprint density at radius 2 is 1.60 bits per heavy atom. The molecule has 0 radical (unpaired) electrons. The molecule has 1 atom stereocenters. The molecule has 4 rings (SSSR count). The molecule has 2 aliphatic rings. The van der Waals surface area contributed by atoms with Crippen LogP contribution in [0.3, 0.4) is 0 Å². The number of fused-ring (bicyclic) bond motifs is 1. The van der Waals surface area contributed by atoms with Gasteiger partial charge in [0.25, 0.3) is 0 Å². The molecule has 2 aliphatic heterocycles. The first-order chi connectivity index (χ1) is 19.3. The molecule has 1 N–H and O–H groups in total. The molecular weight excluding hydrogens is 520 g/mol. The van der Waals surface area contributed by atoms with Gasteiger partial charge in [-0.1, -0.05) is 0 Å². The van der Waals surface area contributed by atoms with E-state index in [-0.39, 0.29) is 18.3 Å². The zero-order valence-corrected chi connectivity index (χ0v) is 23.3. The second-order valence-electron chi connectivity index (χ2n) is 9.41. The van der Waals surface area contributed by atoms with Crippen molar-refractivity contribution >= 4 is 17.8 Å². The van der Waals surface area contributed by atoms with E-state index in [0.29, 0.717) is 86.0 Å². The van der Waals surface area contributed by atoms with E-state index in [1.165, 1.54) is 20.1 Å². The Hall–Kier alpha value is -3.96. The van der Waals surface area contributed by atoms with Crippen LogP contribution in [0.4, 0.5) is 0 Å². The zero-order valence-electron chi connectivity index (χ0n) is 23.3. The maximum atomic E-state index is 12.8. The molecule has 0 saturated carbocycles. The molecule has 1 amide bonds. The number of β-amino-alcohol motifs (C(OH)–C–C–N with tert-alkyl or cyclic N) is 1. The lowest BCUT2D eigenvalue weighted by Gasteiger charge is -2.35. The minimum atomic E-state index is -0.755. The van der Waals surface area contributed by atoms with Gasteiger partial charge >= 0.3 is 0 Å². The third kappa shape index (κ3) is 6.78. The number of nitrogens with zero attached hydrogens (tertiary/aromatic N) is 2. The van der Waals surface area contributed by atoms with Crippen molar-refractivity contribution in [2.75, 3.05) is 73.9 Å². The van der Waals surface area contributed by atoms with Crippen molar-refractivity contribution in [1.82, 2.24) is 9.80 Å². The molecule has 1 fully saturated rings. The third-order valence-corrected chi connectivity index (χ3v) is 6.72. The minimum absolute atomic E-state index is 0.0475. The molecule has 40 heavy (non-hydrogen) atoms. The molecule has 0 bridgehead atoms. The number of hydrogen-bond acceptors (Lipinski definition) is 10. The third-order valence-electron chi connectivity index (χ3n) is 6.72. The van der Waals surface area contributed by atoms with Gasteiger partial charge in [-0.2, -0.15) is 0 Å². The number of hydrogen-bond donors (Lipinski definition) is 1. The maximum Gasteiger partial charge on any atom is 0.246 e. The smallest absolute Gasteiger partial charge is 0.246 e. The lowest BCUT2D eigenvalue weighted by molar-refractivity contribution is -0.127. The van der Waals surface area contributed by atoms with Gasteiger partial charge in [0.1, 0.15) is 25.9 Å². The number of carbonyl (C=O) groups excluding carboxylic acids is 2. The quantitative estimate of drug-likeness (QED) is 0.326. The standard InChI is InChI=1S/C29H36N2O9/c1-19(32)22-6-7-23(29-27(22)38-13-14-39-29)40-18-21(33)17-30-9-11-31(12-10-30)26(34)8-5-20-15-24(35-2)28(37-4)25(16-20)36-3/h5-8,15-16,21,33H,9-14,17-18H2,1-4H3/b8-5+. The number of aliphatic hydroxyl groups excluding tert-OH is 1. The van der Waals surface area contributed by atoms with E-state index in [4.69, 9.17) is 28.4 Å². The lowest BCUT2D eigenvalue weighted by atomic mass is 10.1. The van der Waals surface area contributed by atoms with Crippen LogP contribution >= 0.6 is 0 Å². The second kappa shape index (κ2) is 13.4. The summed E-state index contributed by atoms with van der Waals surface area (Å²) in [5, 5.41) is 10.6. The highest BCUT2D eigenvalue weighted by Crippen LogP contribution is 2.42. The van der Waals surface area contributed by atoms with Gasteiger partial charge in [0.2, 0.25) is 17.4 Å². The van der Waals surface area contributed by atoms with Crippen LogP contribution in [0.1, 0.15) is 22.8 Å². The molecule has 0 aromatic heterocycles. The number of methoxy groups -OCH3 is 3. The summed E-state index contributed by atoms with van der Waals surface area (Å²) in [6.07, 6.45) is 2.49. The first kappa shape index (κ1) is 29.0. The average Bonchev–Trinajstić information content (AvgIpc) is 2.98. The minimum Gasteiger partial charge on any atom is -0.493 e. The highest BCUT2D eigenvalue weighted by atomic mass is 16.6. The summed E-state index contributed by atoms with van der Waals surface area (Å²) in [4.78, 5) is 28.5. The SMILES string of the molecule is COc1cc(/C=C/C(=O)N2CCN(CC(O)COc3ccc(C(C)=O)c4c3OCCO4)CC2)cc(OC)c1OC. The van der Waals surface area contributed by atoms with Crippen LogP contribution in [0.2, 0.25) is 0 Å². The topological polar surface area (TPSA) is 116 Å². The molecular formula is C29H36N2O9. The second-order valence-corrected chi connectivity index (χ2v) is 9.41. The largest absolute Gasteiger partial charge is 0.493 e. The number of aliphatic hydroxyl groups is 1. The first-order valence-corrected chi connectivity index (χ1v) is 13.1. The van der Waals surface area contributed by atoms with Crippen molar-refractivity contribution in [3.05, 3.63) is 41.5 Å². The van der Waals surface area contributed by atoms with Gasteiger partial charge < -0.3 is 38.4 Å². The Balaban J connectivity index is 1.26. The van der Waals surface area contributed by atoms with Crippen molar-refractivity contribution in [2.45, 2.75) is 13.0 Å². The van der Waals surface area contributed by atoms with E-state index in [1.54, 1.807) is 49.5 Å². The summed E-state index contributed by atoms with van der Waals surface area (Å²) in [5.74, 6) is 2.49. The Bertz CT molecular complexity index is 1210. The van der Waals surface area contributed by atoms with Crippen molar-refractivity contribution in [1.29, 1.82) is 0 Å².